The van der Waals surface area contributed by atoms with E-state index in [0.717, 1.165) is 24.2 Å². The van der Waals surface area contributed by atoms with Gasteiger partial charge in [-0.1, -0.05) is 12.1 Å². The van der Waals surface area contributed by atoms with Crippen molar-refractivity contribution in [3.05, 3.63) is 59.4 Å². The third-order valence-electron chi connectivity index (χ3n) is 5.80. The lowest BCUT2D eigenvalue weighted by atomic mass is 10.1. The van der Waals surface area contributed by atoms with E-state index in [1.807, 2.05) is 17.0 Å². The molecule has 7 heteroatoms. The van der Waals surface area contributed by atoms with Gasteiger partial charge in [0.2, 0.25) is 11.7 Å². The second kappa shape index (κ2) is 10.5. The maximum Gasteiger partial charge on any atom is 0.246 e. The van der Waals surface area contributed by atoms with Crippen molar-refractivity contribution in [3.8, 4) is 17.2 Å². The van der Waals surface area contributed by atoms with Crippen molar-refractivity contribution in [1.29, 1.82) is 0 Å². The highest BCUT2D eigenvalue weighted by atomic mass is 19.1. The SMILES string of the molecule is COc1cc(/C=C/C(=O)N2C[C@@H](C)N(Cc3ccc(F)cc3)C[C@@H]2C)cc(OC)c1OC. The molecule has 1 heterocycles. The van der Waals surface area contributed by atoms with Crippen molar-refractivity contribution in [2.45, 2.75) is 32.5 Å². The number of halogens is 1. The van der Waals surface area contributed by atoms with Crippen molar-refractivity contribution in [2.24, 2.45) is 0 Å². The smallest absolute Gasteiger partial charge is 0.246 e. The monoisotopic (exact) mass is 442 g/mol. The quantitative estimate of drug-likeness (QED) is 0.607. The summed E-state index contributed by atoms with van der Waals surface area (Å²) in [6, 6.07) is 10.4. The lowest BCUT2D eigenvalue weighted by molar-refractivity contribution is -0.131. The van der Waals surface area contributed by atoms with Gasteiger partial charge >= 0.3 is 0 Å². The average Bonchev–Trinajstić information content (AvgIpc) is 2.80. The number of carbonyl (C=O) groups is 1. The molecular weight excluding hydrogens is 411 g/mol. The second-order valence-electron chi connectivity index (χ2n) is 8.04. The normalized spacial score (nSPS) is 19.2. The van der Waals surface area contributed by atoms with Gasteiger partial charge < -0.3 is 19.1 Å². The minimum atomic E-state index is -0.232. The summed E-state index contributed by atoms with van der Waals surface area (Å²) in [6.07, 6.45) is 3.34. The number of carbonyl (C=O) groups excluding carboxylic acids is 1. The molecule has 0 unspecified atom stereocenters. The van der Waals surface area contributed by atoms with Gasteiger partial charge in [0.1, 0.15) is 5.82 Å². The van der Waals surface area contributed by atoms with Crippen molar-refractivity contribution < 1.29 is 23.4 Å². The first-order valence-corrected chi connectivity index (χ1v) is 10.6. The molecule has 0 aromatic heterocycles. The summed E-state index contributed by atoms with van der Waals surface area (Å²) in [5.74, 6) is 1.31. The Morgan fingerprint density at radius 1 is 1.00 bits per heavy atom. The molecule has 32 heavy (non-hydrogen) atoms. The first kappa shape index (κ1) is 23.6. The van der Waals surface area contributed by atoms with Crippen molar-refractivity contribution in [1.82, 2.24) is 9.80 Å². The Hall–Kier alpha value is -3.06. The van der Waals surface area contributed by atoms with Gasteiger partial charge in [0, 0.05) is 37.8 Å². The van der Waals surface area contributed by atoms with Crippen LogP contribution in [0, 0.1) is 5.82 Å². The van der Waals surface area contributed by atoms with Crippen LogP contribution in [0.2, 0.25) is 0 Å². The molecule has 0 saturated carbocycles. The van der Waals surface area contributed by atoms with E-state index in [0.29, 0.717) is 23.8 Å². The van der Waals surface area contributed by atoms with Gasteiger partial charge in [-0.05, 0) is 55.3 Å². The van der Waals surface area contributed by atoms with Crippen LogP contribution in [-0.2, 0) is 11.3 Å². The highest BCUT2D eigenvalue weighted by molar-refractivity contribution is 5.92. The number of methoxy groups -OCH3 is 3. The predicted molar refractivity (Wildman–Crippen MR) is 123 cm³/mol. The van der Waals surface area contributed by atoms with Crippen LogP contribution in [0.4, 0.5) is 4.39 Å². The summed E-state index contributed by atoms with van der Waals surface area (Å²) in [4.78, 5) is 17.2. The number of rotatable bonds is 7. The molecule has 1 amide bonds. The zero-order valence-electron chi connectivity index (χ0n) is 19.3. The molecule has 0 bridgehead atoms. The van der Waals surface area contributed by atoms with E-state index in [4.69, 9.17) is 14.2 Å². The average molecular weight is 443 g/mol. The number of nitrogens with zero attached hydrogens (tertiary/aromatic N) is 2. The van der Waals surface area contributed by atoms with Crippen molar-refractivity contribution in [3.63, 3.8) is 0 Å². The van der Waals surface area contributed by atoms with Gasteiger partial charge in [-0.3, -0.25) is 9.69 Å². The lowest BCUT2D eigenvalue weighted by Crippen LogP contribution is -2.57. The maximum atomic E-state index is 13.2. The van der Waals surface area contributed by atoms with E-state index in [1.54, 1.807) is 45.6 Å². The molecule has 2 aromatic rings. The molecule has 1 fully saturated rings. The summed E-state index contributed by atoms with van der Waals surface area (Å²) >= 11 is 0. The first-order valence-electron chi connectivity index (χ1n) is 10.6. The first-order chi connectivity index (χ1) is 15.4. The Kier molecular flexibility index (Phi) is 7.75. The largest absolute Gasteiger partial charge is 0.493 e. The predicted octanol–water partition coefficient (Wildman–Crippen LogP) is 3.99. The topological polar surface area (TPSA) is 51.2 Å². The highest BCUT2D eigenvalue weighted by Crippen LogP contribution is 2.38. The molecule has 6 nitrogen and oxygen atoms in total. The van der Waals surface area contributed by atoms with Crippen LogP contribution in [-0.4, -0.2) is 62.2 Å². The minimum Gasteiger partial charge on any atom is -0.493 e. The van der Waals surface area contributed by atoms with Crippen LogP contribution < -0.4 is 14.2 Å². The van der Waals surface area contributed by atoms with E-state index in [2.05, 4.69) is 18.7 Å². The maximum absolute atomic E-state index is 13.2. The van der Waals surface area contributed by atoms with Crippen LogP contribution in [0.5, 0.6) is 17.2 Å². The van der Waals surface area contributed by atoms with Gasteiger partial charge in [0.15, 0.2) is 11.5 Å². The fourth-order valence-corrected chi connectivity index (χ4v) is 4.01. The molecule has 1 aliphatic heterocycles. The van der Waals surface area contributed by atoms with Gasteiger partial charge in [-0.15, -0.1) is 0 Å². The van der Waals surface area contributed by atoms with E-state index in [9.17, 15) is 9.18 Å². The Labute approximate surface area is 189 Å². The molecule has 1 saturated heterocycles. The molecule has 3 rings (SSSR count). The zero-order chi connectivity index (χ0) is 23.3. The minimum absolute atomic E-state index is 0.0421. The van der Waals surface area contributed by atoms with Crippen molar-refractivity contribution >= 4 is 12.0 Å². The number of ether oxygens (including phenoxy) is 3. The number of piperazine rings is 1. The summed E-state index contributed by atoms with van der Waals surface area (Å²) in [6.45, 7) is 6.27. The number of hydrogen-bond donors (Lipinski definition) is 0. The molecule has 0 N–H and O–H groups in total. The third kappa shape index (κ3) is 5.40. The Balaban J connectivity index is 1.68. The lowest BCUT2D eigenvalue weighted by Gasteiger charge is -2.44. The summed E-state index contributed by atoms with van der Waals surface area (Å²) < 4.78 is 29.3. The standard InChI is InChI=1S/C25H31FN2O4/c1-17-15-28(18(2)14-27(17)16-19-6-9-21(26)10-7-19)24(29)11-8-20-12-22(30-3)25(32-5)23(13-20)31-4/h6-13,17-18H,14-16H2,1-5H3/b11-8+/t17-,18+/m1/s1. The molecule has 2 atom stereocenters. The Bertz CT molecular complexity index is 936. The van der Waals surface area contributed by atoms with Gasteiger partial charge in [-0.2, -0.15) is 0 Å². The number of amides is 1. The van der Waals surface area contributed by atoms with Gasteiger partial charge in [0.25, 0.3) is 0 Å². The van der Waals surface area contributed by atoms with Gasteiger partial charge in [-0.25, -0.2) is 4.39 Å². The second-order valence-corrected chi connectivity index (χ2v) is 8.04. The van der Waals surface area contributed by atoms with Gasteiger partial charge in [0.05, 0.1) is 21.3 Å². The Morgan fingerprint density at radius 3 is 2.19 bits per heavy atom. The fraction of sp³-hybridized carbons (Fsp3) is 0.400. The van der Waals surface area contributed by atoms with Crippen LogP contribution in [0.3, 0.4) is 0 Å². The van der Waals surface area contributed by atoms with Crippen LogP contribution >= 0.6 is 0 Å². The van der Waals surface area contributed by atoms with Crippen LogP contribution in [0.15, 0.2) is 42.5 Å². The fourth-order valence-electron chi connectivity index (χ4n) is 4.01. The van der Waals surface area contributed by atoms with E-state index in [1.165, 1.54) is 12.1 Å². The molecule has 1 aliphatic rings. The molecule has 172 valence electrons. The number of benzene rings is 2. The van der Waals surface area contributed by atoms with E-state index >= 15 is 0 Å². The van der Waals surface area contributed by atoms with Crippen molar-refractivity contribution in [2.75, 3.05) is 34.4 Å². The Morgan fingerprint density at radius 2 is 1.62 bits per heavy atom. The third-order valence-corrected chi connectivity index (χ3v) is 5.80. The summed E-state index contributed by atoms with van der Waals surface area (Å²) in [7, 11) is 4.67. The summed E-state index contributed by atoms with van der Waals surface area (Å²) in [5.41, 5.74) is 1.84. The molecular formula is C25H31FN2O4. The van der Waals surface area contributed by atoms with Crippen LogP contribution in [0.1, 0.15) is 25.0 Å². The summed E-state index contributed by atoms with van der Waals surface area (Å²) in [5, 5.41) is 0. The molecule has 0 spiro atoms. The highest BCUT2D eigenvalue weighted by Gasteiger charge is 2.31. The van der Waals surface area contributed by atoms with E-state index in [-0.39, 0.29) is 23.8 Å². The molecule has 0 radical (unpaired) electrons. The van der Waals surface area contributed by atoms with E-state index < -0.39 is 0 Å². The zero-order valence-corrected chi connectivity index (χ0v) is 19.3. The molecule has 0 aliphatic carbocycles. The van der Waals surface area contributed by atoms with Crippen LogP contribution in [0.25, 0.3) is 6.08 Å². The number of hydrogen-bond acceptors (Lipinski definition) is 5. The molecule has 2 aromatic carbocycles.